The number of aromatic nitrogens is 1. The van der Waals surface area contributed by atoms with Gasteiger partial charge in [0.15, 0.2) is 17.5 Å². The fourth-order valence-corrected chi connectivity index (χ4v) is 4.80. The summed E-state index contributed by atoms with van der Waals surface area (Å²) in [6, 6.07) is 13.8. The van der Waals surface area contributed by atoms with Crippen molar-refractivity contribution in [1.29, 1.82) is 0 Å². The van der Waals surface area contributed by atoms with Crippen molar-refractivity contribution in [3.63, 3.8) is 0 Å². The summed E-state index contributed by atoms with van der Waals surface area (Å²) in [5, 5.41) is 7.44. The normalized spacial score (nSPS) is 13.6. The van der Waals surface area contributed by atoms with Gasteiger partial charge >= 0.3 is 0 Å². The Morgan fingerprint density at radius 2 is 1.82 bits per heavy atom. The molecule has 3 heterocycles. The predicted octanol–water partition coefficient (Wildman–Crippen LogP) is 5.31. The largest absolute Gasteiger partial charge is 0.348 e. The monoisotopic (exact) mass is 547 g/mol. The lowest BCUT2D eigenvalue weighted by atomic mass is 10.0. The smallest absolute Gasteiger partial charge is 0.263 e. The molecule has 5 rings (SSSR count). The van der Waals surface area contributed by atoms with E-state index in [1.807, 2.05) is 41.8 Å². The van der Waals surface area contributed by atoms with Crippen molar-refractivity contribution in [2.24, 2.45) is 0 Å². The summed E-state index contributed by atoms with van der Waals surface area (Å²) in [7, 11) is 0. The molecule has 2 N–H and O–H groups in total. The zero-order valence-corrected chi connectivity index (χ0v) is 21.0. The molecular weight excluding hydrogens is 527 g/mol. The van der Waals surface area contributed by atoms with Gasteiger partial charge in [0, 0.05) is 28.9 Å². The third-order valence-electron chi connectivity index (χ3n) is 6.01. The summed E-state index contributed by atoms with van der Waals surface area (Å²) in [5.41, 5.74) is 2.13. The van der Waals surface area contributed by atoms with Crippen LogP contribution >= 0.6 is 11.3 Å². The lowest BCUT2D eigenvalue weighted by Gasteiger charge is -2.09. The van der Waals surface area contributed by atoms with Crippen LogP contribution in [-0.2, 0) is 11.3 Å². The number of halogens is 3. The highest BCUT2D eigenvalue weighted by Gasteiger charge is 2.24. The topological polar surface area (TPSA) is 80.2 Å². The SMILES string of the molecule is O=C1Nc2cc(/C=C/CNC(=O)c3cccn(Cc4cc(F)c(F)c(F)c4)c3=O)ccc2/C1=C/c1cccs1. The van der Waals surface area contributed by atoms with Crippen LogP contribution in [0.15, 0.2) is 77.0 Å². The lowest BCUT2D eigenvalue weighted by Crippen LogP contribution is -2.33. The number of nitrogens with one attached hydrogen (secondary N) is 2. The molecule has 0 spiro atoms. The van der Waals surface area contributed by atoms with Crippen molar-refractivity contribution in [2.75, 3.05) is 11.9 Å². The van der Waals surface area contributed by atoms with Gasteiger partial charge in [-0.15, -0.1) is 11.3 Å². The summed E-state index contributed by atoms with van der Waals surface area (Å²) in [6.45, 7) is -0.123. The number of pyridine rings is 1. The fraction of sp³-hybridized carbons (Fsp3) is 0.0690. The Bertz CT molecular complexity index is 1690. The van der Waals surface area contributed by atoms with E-state index in [2.05, 4.69) is 10.6 Å². The number of benzene rings is 2. The summed E-state index contributed by atoms with van der Waals surface area (Å²) in [4.78, 5) is 38.8. The maximum Gasteiger partial charge on any atom is 0.263 e. The van der Waals surface area contributed by atoms with E-state index in [0.29, 0.717) is 11.3 Å². The number of amides is 2. The molecule has 2 aromatic heterocycles. The highest BCUT2D eigenvalue weighted by Crippen LogP contribution is 2.34. The third kappa shape index (κ3) is 5.60. The Balaban J connectivity index is 1.23. The molecule has 196 valence electrons. The molecule has 0 fully saturated rings. The molecule has 1 aliphatic heterocycles. The minimum absolute atomic E-state index is 0.0358. The molecule has 1 aliphatic rings. The van der Waals surface area contributed by atoms with Crippen molar-refractivity contribution in [1.82, 2.24) is 9.88 Å². The number of nitrogens with zero attached hydrogens (tertiary/aromatic N) is 1. The molecule has 6 nitrogen and oxygen atoms in total. The van der Waals surface area contributed by atoms with Crippen molar-refractivity contribution < 1.29 is 22.8 Å². The predicted molar refractivity (Wildman–Crippen MR) is 145 cm³/mol. The molecule has 0 atom stereocenters. The molecule has 39 heavy (non-hydrogen) atoms. The van der Waals surface area contributed by atoms with Crippen LogP contribution in [0.2, 0.25) is 0 Å². The Hall–Kier alpha value is -4.70. The Morgan fingerprint density at radius 1 is 1.03 bits per heavy atom. The van der Waals surface area contributed by atoms with E-state index in [1.165, 1.54) is 18.3 Å². The second kappa shape index (κ2) is 11.0. The Morgan fingerprint density at radius 3 is 2.56 bits per heavy atom. The first-order chi connectivity index (χ1) is 18.8. The minimum Gasteiger partial charge on any atom is -0.348 e. The summed E-state index contributed by atoms with van der Waals surface area (Å²) in [6.07, 6.45) is 6.69. The molecule has 0 saturated heterocycles. The zero-order chi connectivity index (χ0) is 27.5. The first-order valence-corrected chi connectivity index (χ1v) is 12.7. The van der Waals surface area contributed by atoms with Crippen LogP contribution in [0.5, 0.6) is 0 Å². The van der Waals surface area contributed by atoms with Gasteiger partial charge in [0.2, 0.25) is 0 Å². The van der Waals surface area contributed by atoms with Gasteiger partial charge < -0.3 is 15.2 Å². The average Bonchev–Trinajstić information content (AvgIpc) is 3.53. The van der Waals surface area contributed by atoms with Crippen molar-refractivity contribution in [3.05, 3.63) is 127 Å². The Kier molecular flexibility index (Phi) is 7.29. The molecule has 0 unspecified atom stereocenters. The second-order valence-electron chi connectivity index (χ2n) is 8.67. The molecule has 10 heteroatoms. The maximum atomic E-state index is 13.5. The van der Waals surface area contributed by atoms with Crippen molar-refractivity contribution >= 4 is 46.6 Å². The van der Waals surface area contributed by atoms with Crippen molar-refractivity contribution in [2.45, 2.75) is 6.54 Å². The summed E-state index contributed by atoms with van der Waals surface area (Å²) < 4.78 is 41.4. The number of carbonyl (C=O) groups is 2. The lowest BCUT2D eigenvalue weighted by molar-refractivity contribution is -0.110. The van der Waals surface area contributed by atoms with Crippen LogP contribution in [0.25, 0.3) is 17.7 Å². The number of rotatable bonds is 7. The number of fused-ring (bicyclic) bond motifs is 1. The number of hydrogen-bond acceptors (Lipinski definition) is 4. The van der Waals surface area contributed by atoms with Crippen molar-refractivity contribution in [3.8, 4) is 0 Å². The summed E-state index contributed by atoms with van der Waals surface area (Å²) in [5.74, 6) is -5.11. The quantitative estimate of drug-likeness (QED) is 0.243. The van der Waals surface area contributed by atoms with Crippen LogP contribution < -0.4 is 16.2 Å². The highest BCUT2D eigenvalue weighted by molar-refractivity contribution is 7.11. The van der Waals surface area contributed by atoms with Gasteiger partial charge in [-0.3, -0.25) is 14.4 Å². The molecular formula is C29H20F3N3O3S. The summed E-state index contributed by atoms with van der Waals surface area (Å²) >= 11 is 1.54. The highest BCUT2D eigenvalue weighted by atomic mass is 32.1. The third-order valence-corrected chi connectivity index (χ3v) is 6.83. The van der Waals surface area contributed by atoms with E-state index in [9.17, 15) is 27.6 Å². The maximum absolute atomic E-state index is 13.5. The van der Waals surface area contributed by atoms with Crippen LogP contribution in [0.4, 0.5) is 18.9 Å². The van der Waals surface area contributed by atoms with E-state index in [0.717, 1.165) is 32.7 Å². The number of thiophene rings is 1. The van der Waals surface area contributed by atoms with E-state index >= 15 is 0 Å². The van der Waals surface area contributed by atoms with E-state index in [1.54, 1.807) is 23.5 Å². The standard InChI is InChI=1S/C29H20F3N3O3S/c30-23-12-18(13-24(31)26(23)32)16-35-10-2-6-21(29(35)38)27(36)33-9-1-4-17-7-8-20-22(15-19-5-3-11-39-19)28(37)34-25(20)14-17/h1-8,10-15H,9,16H2,(H,33,36)(H,34,37)/b4-1+,22-15-. The number of hydrogen-bond donors (Lipinski definition) is 2. The van der Waals surface area contributed by atoms with Crippen LogP contribution in [0.3, 0.4) is 0 Å². The minimum atomic E-state index is -1.59. The van der Waals surface area contributed by atoms with Gasteiger partial charge in [-0.1, -0.05) is 30.4 Å². The molecule has 2 amide bonds. The van der Waals surface area contributed by atoms with E-state index < -0.39 is 28.9 Å². The van der Waals surface area contributed by atoms with Gasteiger partial charge in [-0.05, 0) is 59.0 Å². The number of anilines is 1. The zero-order valence-electron chi connectivity index (χ0n) is 20.2. The van der Waals surface area contributed by atoms with Gasteiger partial charge in [-0.25, -0.2) is 13.2 Å². The fourth-order valence-electron chi connectivity index (χ4n) is 4.15. The molecule has 0 bridgehead atoms. The molecule has 4 aromatic rings. The van der Waals surface area contributed by atoms with Gasteiger partial charge in [0.25, 0.3) is 17.4 Å². The van der Waals surface area contributed by atoms with Crippen LogP contribution in [-0.4, -0.2) is 22.9 Å². The van der Waals surface area contributed by atoms with Crippen LogP contribution in [0.1, 0.15) is 31.9 Å². The van der Waals surface area contributed by atoms with Gasteiger partial charge in [-0.2, -0.15) is 0 Å². The van der Waals surface area contributed by atoms with E-state index in [4.69, 9.17) is 0 Å². The molecule has 0 saturated carbocycles. The first-order valence-electron chi connectivity index (χ1n) is 11.8. The second-order valence-corrected chi connectivity index (χ2v) is 9.65. The Labute approximate surface area is 224 Å². The first kappa shape index (κ1) is 25.9. The molecule has 0 aliphatic carbocycles. The van der Waals surface area contributed by atoms with Crippen LogP contribution in [0, 0.1) is 17.5 Å². The molecule has 0 radical (unpaired) electrons. The van der Waals surface area contributed by atoms with Gasteiger partial charge in [0.1, 0.15) is 5.56 Å². The average molecular weight is 548 g/mol. The van der Waals surface area contributed by atoms with E-state index in [-0.39, 0.29) is 30.1 Å². The molecule has 2 aromatic carbocycles. The number of carbonyl (C=O) groups excluding carboxylic acids is 2. The van der Waals surface area contributed by atoms with Gasteiger partial charge in [0.05, 0.1) is 12.1 Å².